The van der Waals surface area contributed by atoms with Crippen LogP contribution in [0.2, 0.25) is 0 Å². The van der Waals surface area contributed by atoms with Crippen LogP contribution in [0.25, 0.3) is 0 Å². The number of nitrogens with zero attached hydrogens (tertiary/aromatic N) is 2. The third-order valence-electron chi connectivity index (χ3n) is 5.23. The molecule has 154 valence electrons. The van der Waals surface area contributed by atoms with Gasteiger partial charge in [0.15, 0.2) is 11.6 Å². The molecule has 0 bridgehead atoms. The molecule has 29 heavy (non-hydrogen) atoms. The van der Waals surface area contributed by atoms with Crippen LogP contribution >= 0.6 is 0 Å². The van der Waals surface area contributed by atoms with Crippen LogP contribution in [0.4, 0.5) is 10.2 Å². The Hall–Kier alpha value is -2.96. The molecular formula is C22H26FN3O3. The van der Waals surface area contributed by atoms with Gasteiger partial charge in [0.05, 0.1) is 7.11 Å². The Morgan fingerprint density at radius 1 is 1.24 bits per heavy atom. The molecule has 1 aromatic carbocycles. The molecule has 6 nitrogen and oxygen atoms in total. The second-order valence-corrected chi connectivity index (χ2v) is 7.33. The second kappa shape index (κ2) is 9.49. The fourth-order valence-corrected chi connectivity index (χ4v) is 3.50. The second-order valence-electron chi connectivity index (χ2n) is 7.33. The van der Waals surface area contributed by atoms with Gasteiger partial charge in [-0.05, 0) is 61.6 Å². The number of benzene rings is 1. The smallest absolute Gasteiger partial charge is 0.228 e. The lowest BCUT2D eigenvalue weighted by molar-refractivity contribution is -0.134. The average molecular weight is 399 g/mol. The number of aromatic nitrogens is 1. The molecule has 2 aromatic rings. The molecule has 1 saturated heterocycles. The third-order valence-corrected chi connectivity index (χ3v) is 5.23. The SMILES string of the molecule is COc1ccc(CCC(=O)N2CCC(C(=O)Nc3cc(C)ccn3)CC2)cc1F. The van der Waals surface area contributed by atoms with E-state index in [1.807, 2.05) is 19.1 Å². The number of amides is 2. The highest BCUT2D eigenvalue weighted by atomic mass is 19.1. The zero-order valence-electron chi connectivity index (χ0n) is 16.8. The number of piperidine rings is 1. The van der Waals surface area contributed by atoms with Crippen molar-refractivity contribution < 1.29 is 18.7 Å². The van der Waals surface area contributed by atoms with Crippen LogP contribution in [0.1, 0.15) is 30.4 Å². The number of pyridine rings is 1. The number of aryl methyl sites for hydroxylation is 2. The summed E-state index contributed by atoms with van der Waals surface area (Å²) >= 11 is 0. The summed E-state index contributed by atoms with van der Waals surface area (Å²) in [5.41, 5.74) is 1.80. The normalized spacial score (nSPS) is 14.5. The summed E-state index contributed by atoms with van der Waals surface area (Å²) in [6.45, 7) is 3.05. The van der Waals surface area contributed by atoms with Gasteiger partial charge in [0.25, 0.3) is 0 Å². The van der Waals surface area contributed by atoms with Crippen molar-refractivity contribution in [3.8, 4) is 5.75 Å². The number of ether oxygens (including phenoxy) is 1. The van der Waals surface area contributed by atoms with Crippen LogP contribution in [-0.4, -0.2) is 41.9 Å². The van der Waals surface area contributed by atoms with Gasteiger partial charge < -0.3 is 15.0 Å². The minimum Gasteiger partial charge on any atom is -0.494 e. The van der Waals surface area contributed by atoms with Gasteiger partial charge in [-0.3, -0.25) is 9.59 Å². The first-order valence-corrected chi connectivity index (χ1v) is 9.80. The third kappa shape index (κ3) is 5.53. The van der Waals surface area contributed by atoms with Gasteiger partial charge in [0.2, 0.25) is 11.8 Å². The maximum atomic E-state index is 13.8. The predicted molar refractivity (Wildman–Crippen MR) is 108 cm³/mol. The maximum Gasteiger partial charge on any atom is 0.228 e. The van der Waals surface area contributed by atoms with E-state index >= 15 is 0 Å². The van der Waals surface area contributed by atoms with E-state index in [2.05, 4.69) is 10.3 Å². The topological polar surface area (TPSA) is 71.5 Å². The molecule has 0 radical (unpaired) electrons. The van der Waals surface area contributed by atoms with E-state index in [1.165, 1.54) is 13.2 Å². The summed E-state index contributed by atoms with van der Waals surface area (Å²) in [6.07, 6.45) is 3.71. The van der Waals surface area contributed by atoms with Crippen molar-refractivity contribution in [3.05, 3.63) is 53.5 Å². The molecule has 1 aliphatic heterocycles. The van der Waals surface area contributed by atoms with Gasteiger partial charge in [-0.15, -0.1) is 0 Å². The highest BCUT2D eigenvalue weighted by molar-refractivity contribution is 5.92. The molecule has 1 aliphatic rings. The highest BCUT2D eigenvalue weighted by Gasteiger charge is 2.27. The number of nitrogens with one attached hydrogen (secondary N) is 1. The molecule has 0 atom stereocenters. The minimum absolute atomic E-state index is 0.0282. The van der Waals surface area contributed by atoms with Crippen LogP contribution in [0, 0.1) is 18.7 Å². The fourth-order valence-electron chi connectivity index (χ4n) is 3.50. The van der Waals surface area contributed by atoms with Crippen LogP contribution in [0.5, 0.6) is 5.75 Å². The van der Waals surface area contributed by atoms with Crippen molar-refractivity contribution >= 4 is 17.6 Å². The van der Waals surface area contributed by atoms with E-state index in [1.54, 1.807) is 23.2 Å². The maximum absolute atomic E-state index is 13.8. The molecule has 2 amide bonds. The summed E-state index contributed by atoms with van der Waals surface area (Å²) in [7, 11) is 1.42. The van der Waals surface area contributed by atoms with Gasteiger partial charge in [0.1, 0.15) is 5.82 Å². The van der Waals surface area contributed by atoms with Crippen molar-refractivity contribution in [2.75, 3.05) is 25.5 Å². The first-order chi connectivity index (χ1) is 14.0. The fraction of sp³-hybridized carbons (Fsp3) is 0.409. The monoisotopic (exact) mass is 399 g/mol. The molecule has 0 spiro atoms. The standard InChI is InChI=1S/C22H26FN3O3/c1-15-7-10-24-20(13-15)25-22(28)17-8-11-26(12-9-17)21(27)6-4-16-3-5-19(29-2)18(23)14-16/h3,5,7,10,13-14,17H,4,6,8-9,11-12H2,1-2H3,(H,24,25,28). The zero-order chi connectivity index (χ0) is 20.8. The van der Waals surface area contributed by atoms with E-state index in [4.69, 9.17) is 4.74 Å². The molecule has 3 rings (SSSR count). The molecule has 2 heterocycles. The number of hydrogen-bond acceptors (Lipinski definition) is 4. The Balaban J connectivity index is 1.45. The van der Waals surface area contributed by atoms with Crippen molar-refractivity contribution in [2.45, 2.75) is 32.6 Å². The molecule has 0 aliphatic carbocycles. The van der Waals surface area contributed by atoms with Gasteiger partial charge in [-0.2, -0.15) is 0 Å². The van der Waals surface area contributed by atoms with E-state index in [0.29, 0.717) is 44.6 Å². The predicted octanol–water partition coefficient (Wildman–Crippen LogP) is 3.35. The Labute approximate surface area is 170 Å². The van der Waals surface area contributed by atoms with Gasteiger partial charge in [0, 0.05) is 31.6 Å². The molecule has 7 heteroatoms. The van der Waals surface area contributed by atoms with Crippen molar-refractivity contribution in [1.82, 2.24) is 9.88 Å². The van der Waals surface area contributed by atoms with Crippen molar-refractivity contribution in [2.24, 2.45) is 5.92 Å². The number of likely N-dealkylation sites (tertiary alicyclic amines) is 1. The van der Waals surface area contributed by atoms with E-state index in [-0.39, 0.29) is 23.5 Å². The van der Waals surface area contributed by atoms with Gasteiger partial charge in [-0.25, -0.2) is 9.37 Å². The minimum atomic E-state index is -0.424. The van der Waals surface area contributed by atoms with Gasteiger partial charge in [-0.1, -0.05) is 6.07 Å². The zero-order valence-corrected chi connectivity index (χ0v) is 16.8. The summed E-state index contributed by atoms with van der Waals surface area (Å²) in [5.74, 6) is 0.176. The first kappa shape index (κ1) is 20.8. The summed E-state index contributed by atoms with van der Waals surface area (Å²) in [5, 5.41) is 2.86. The summed E-state index contributed by atoms with van der Waals surface area (Å²) in [4.78, 5) is 30.9. The summed E-state index contributed by atoms with van der Waals surface area (Å²) < 4.78 is 18.7. The van der Waals surface area contributed by atoms with Gasteiger partial charge >= 0.3 is 0 Å². The Bertz CT molecular complexity index is 879. The van der Waals surface area contributed by atoms with Crippen molar-refractivity contribution in [3.63, 3.8) is 0 Å². The van der Waals surface area contributed by atoms with E-state index < -0.39 is 5.82 Å². The lowest BCUT2D eigenvalue weighted by atomic mass is 9.95. The number of hydrogen-bond donors (Lipinski definition) is 1. The first-order valence-electron chi connectivity index (χ1n) is 9.80. The average Bonchev–Trinajstić information content (AvgIpc) is 2.72. The number of anilines is 1. The van der Waals surface area contributed by atoms with Crippen LogP contribution in [-0.2, 0) is 16.0 Å². The lowest BCUT2D eigenvalue weighted by Gasteiger charge is -2.31. The Morgan fingerprint density at radius 2 is 2.00 bits per heavy atom. The Kier molecular flexibility index (Phi) is 6.80. The molecule has 1 fully saturated rings. The van der Waals surface area contributed by atoms with Crippen molar-refractivity contribution in [1.29, 1.82) is 0 Å². The van der Waals surface area contributed by atoms with Crippen LogP contribution < -0.4 is 10.1 Å². The Morgan fingerprint density at radius 3 is 2.66 bits per heavy atom. The molecule has 1 aromatic heterocycles. The van der Waals surface area contributed by atoms with Crippen LogP contribution in [0.3, 0.4) is 0 Å². The highest BCUT2D eigenvalue weighted by Crippen LogP contribution is 2.21. The largest absolute Gasteiger partial charge is 0.494 e. The number of methoxy groups -OCH3 is 1. The number of carbonyl (C=O) groups is 2. The number of halogens is 1. The number of carbonyl (C=O) groups excluding carboxylic acids is 2. The molecular weight excluding hydrogens is 373 g/mol. The number of rotatable bonds is 6. The van der Waals surface area contributed by atoms with E-state index in [9.17, 15) is 14.0 Å². The molecule has 0 unspecified atom stereocenters. The quantitative estimate of drug-likeness (QED) is 0.809. The van der Waals surface area contributed by atoms with Crippen LogP contribution in [0.15, 0.2) is 36.5 Å². The lowest BCUT2D eigenvalue weighted by Crippen LogP contribution is -2.41. The van der Waals surface area contributed by atoms with E-state index in [0.717, 1.165) is 11.1 Å². The molecule has 0 saturated carbocycles. The molecule has 1 N–H and O–H groups in total. The summed E-state index contributed by atoms with van der Waals surface area (Å²) in [6, 6.07) is 8.45.